The standard InChI is InChI=1S/C25H41N5O5S/c1-19-17-30(9-6-22(19)26-25(31)23-16-24(35-27-23)21-2-3-21)36(32,33)18-20-4-7-28(8-5-20)10-11-29-12-14-34-15-13-29/h16,19-22H,2-15,17-18H2,1H3,(H,26,31)/t19-,22+/m0/s1. The summed E-state index contributed by atoms with van der Waals surface area (Å²) in [6, 6.07) is 1.67. The molecule has 2 atom stereocenters. The molecule has 0 unspecified atom stereocenters. The number of piperidine rings is 2. The molecule has 1 saturated carbocycles. The number of rotatable bonds is 9. The number of morpholine rings is 1. The van der Waals surface area contributed by atoms with Crippen LogP contribution in [0.1, 0.15) is 61.2 Å². The van der Waals surface area contributed by atoms with Crippen LogP contribution in [0.2, 0.25) is 0 Å². The molecule has 11 heteroatoms. The third kappa shape index (κ3) is 6.66. The van der Waals surface area contributed by atoms with Crippen molar-refractivity contribution in [3.8, 4) is 0 Å². The molecule has 0 bridgehead atoms. The quantitative estimate of drug-likeness (QED) is 0.517. The zero-order chi connectivity index (χ0) is 25.1. The molecule has 0 radical (unpaired) electrons. The van der Waals surface area contributed by atoms with Gasteiger partial charge in [0.15, 0.2) is 5.69 Å². The van der Waals surface area contributed by atoms with Gasteiger partial charge in [0.25, 0.3) is 5.91 Å². The lowest BCUT2D eigenvalue weighted by molar-refractivity contribution is 0.0316. The number of amides is 1. The second-order valence-electron chi connectivity index (χ2n) is 11.1. The van der Waals surface area contributed by atoms with Crippen LogP contribution in [0.25, 0.3) is 0 Å². The molecule has 4 aliphatic rings. The van der Waals surface area contributed by atoms with E-state index in [1.165, 1.54) is 0 Å². The fourth-order valence-electron chi connectivity index (χ4n) is 5.66. The van der Waals surface area contributed by atoms with Crippen LogP contribution >= 0.6 is 0 Å². The normalized spacial score (nSPS) is 27.8. The van der Waals surface area contributed by atoms with Crippen LogP contribution in [-0.4, -0.2) is 111 Å². The molecule has 3 saturated heterocycles. The zero-order valence-corrected chi connectivity index (χ0v) is 22.3. The molecule has 10 nitrogen and oxygen atoms in total. The topological polar surface area (TPSA) is 108 Å². The Kier molecular flexibility index (Phi) is 8.31. The average Bonchev–Trinajstić information content (AvgIpc) is 3.61. The van der Waals surface area contributed by atoms with Crippen molar-refractivity contribution < 1.29 is 22.5 Å². The summed E-state index contributed by atoms with van der Waals surface area (Å²) in [6.45, 7) is 10.6. The largest absolute Gasteiger partial charge is 0.379 e. The summed E-state index contributed by atoms with van der Waals surface area (Å²) in [5.74, 6) is 1.45. The molecule has 4 heterocycles. The van der Waals surface area contributed by atoms with E-state index in [2.05, 4.69) is 20.3 Å². The second-order valence-corrected chi connectivity index (χ2v) is 13.1. The van der Waals surface area contributed by atoms with E-state index in [4.69, 9.17) is 9.26 Å². The number of carbonyl (C=O) groups excluding carboxylic acids is 1. The lowest BCUT2D eigenvalue weighted by atomic mass is 9.95. The van der Waals surface area contributed by atoms with Crippen molar-refractivity contribution in [1.29, 1.82) is 0 Å². The molecule has 1 aromatic rings. The van der Waals surface area contributed by atoms with Crippen molar-refractivity contribution in [2.45, 2.75) is 51.0 Å². The maximum Gasteiger partial charge on any atom is 0.273 e. The summed E-state index contributed by atoms with van der Waals surface area (Å²) >= 11 is 0. The van der Waals surface area contributed by atoms with Crippen molar-refractivity contribution in [2.24, 2.45) is 11.8 Å². The molecule has 1 amide bonds. The van der Waals surface area contributed by atoms with Gasteiger partial charge in [-0.2, -0.15) is 0 Å². The molecule has 36 heavy (non-hydrogen) atoms. The number of sulfonamides is 1. The predicted molar refractivity (Wildman–Crippen MR) is 135 cm³/mol. The highest BCUT2D eigenvalue weighted by atomic mass is 32.2. The van der Waals surface area contributed by atoms with E-state index < -0.39 is 10.0 Å². The van der Waals surface area contributed by atoms with Crippen molar-refractivity contribution >= 4 is 15.9 Å². The van der Waals surface area contributed by atoms with Crippen LogP contribution < -0.4 is 5.32 Å². The van der Waals surface area contributed by atoms with Crippen LogP contribution in [0.4, 0.5) is 0 Å². The first-order valence-corrected chi connectivity index (χ1v) is 15.3. The highest BCUT2D eigenvalue weighted by Crippen LogP contribution is 2.40. The van der Waals surface area contributed by atoms with Gasteiger partial charge < -0.3 is 19.5 Å². The SMILES string of the molecule is C[C@H]1CN(S(=O)(=O)CC2CCN(CCN3CCOCC3)CC2)CC[C@H]1NC(=O)c1cc(C2CC2)on1. The van der Waals surface area contributed by atoms with Gasteiger partial charge in [-0.15, -0.1) is 0 Å². The van der Waals surface area contributed by atoms with Gasteiger partial charge in [-0.1, -0.05) is 12.1 Å². The van der Waals surface area contributed by atoms with E-state index in [9.17, 15) is 13.2 Å². The third-order valence-corrected chi connectivity index (χ3v) is 10.3. The Morgan fingerprint density at radius 3 is 2.39 bits per heavy atom. The molecule has 0 aromatic carbocycles. The highest BCUT2D eigenvalue weighted by molar-refractivity contribution is 7.89. The summed E-state index contributed by atoms with van der Waals surface area (Å²) in [5, 5.41) is 6.98. The van der Waals surface area contributed by atoms with Crippen LogP contribution in [0.15, 0.2) is 10.6 Å². The molecule has 1 aliphatic carbocycles. The van der Waals surface area contributed by atoms with Crippen LogP contribution in [0, 0.1) is 11.8 Å². The molecular formula is C25H41N5O5S. The molecule has 4 fully saturated rings. The van der Waals surface area contributed by atoms with Gasteiger partial charge in [0, 0.05) is 57.3 Å². The maximum absolute atomic E-state index is 13.2. The first kappa shape index (κ1) is 26.1. The van der Waals surface area contributed by atoms with Gasteiger partial charge in [-0.3, -0.25) is 9.69 Å². The van der Waals surface area contributed by atoms with Crippen molar-refractivity contribution in [3.63, 3.8) is 0 Å². The molecule has 5 rings (SSSR count). The van der Waals surface area contributed by atoms with E-state index in [1.807, 2.05) is 6.92 Å². The van der Waals surface area contributed by atoms with Crippen molar-refractivity contribution in [3.05, 3.63) is 17.5 Å². The second kappa shape index (κ2) is 11.5. The number of ether oxygens (including phenoxy) is 1. The Morgan fingerprint density at radius 1 is 1.03 bits per heavy atom. The van der Waals surface area contributed by atoms with Gasteiger partial charge >= 0.3 is 0 Å². The van der Waals surface area contributed by atoms with Gasteiger partial charge in [-0.25, -0.2) is 12.7 Å². The minimum Gasteiger partial charge on any atom is -0.379 e. The van der Waals surface area contributed by atoms with Gasteiger partial charge in [0.2, 0.25) is 10.0 Å². The minimum absolute atomic E-state index is 0.0364. The maximum atomic E-state index is 13.2. The summed E-state index contributed by atoms with van der Waals surface area (Å²) in [6.07, 6.45) is 4.66. The third-order valence-electron chi connectivity index (χ3n) is 8.31. The van der Waals surface area contributed by atoms with Gasteiger partial charge in [0.1, 0.15) is 5.76 Å². The van der Waals surface area contributed by atoms with E-state index in [-0.39, 0.29) is 29.5 Å². The van der Waals surface area contributed by atoms with Crippen LogP contribution in [0.3, 0.4) is 0 Å². The smallest absolute Gasteiger partial charge is 0.273 e. The summed E-state index contributed by atoms with van der Waals surface area (Å²) in [4.78, 5) is 17.6. The first-order chi connectivity index (χ1) is 17.4. The van der Waals surface area contributed by atoms with Crippen molar-refractivity contribution in [2.75, 3.05) is 71.3 Å². The Morgan fingerprint density at radius 2 is 1.72 bits per heavy atom. The fourth-order valence-corrected chi connectivity index (χ4v) is 7.65. The number of nitrogens with zero attached hydrogens (tertiary/aromatic N) is 4. The van der Waals surface area contributed by atoms with E-state index in [0.29, 0.717) is 31.1 Å². The number of likely N-dealkylation sites (tertiary alicyclic amines) is 1. The number of nitrogens with one attached hydrogen (secondary N) is 1. The van der Waals surface area contributed by atoms with Gasteiger partial charge in [0.05, 0.1) is 19.0 Å². The number of carbonyl (C=O) groups is 1. The lowest BCUT2D eigenvalue weighted by Crippen LogP contribution is -2.52. The zero-order valence-electron chi connectivity index (χ0n) is 21.4. The monoisotopic (exact) mass is 523 g/mol. The minimum atomic E-state index is -3.31. The molecule has 1 N–H and O–H groups in total. The Bertz CT molecular complexity index is 983. The average molecular weight is 524 g/mol. The molecule has 1 aromatic heterocycles. The first-order valence-electron chi connectivity index (χ1n) is 13.6. The Hall–Kier alpha value is -1.53. The Balaban J connectivity index is 1.04. The van der Waals surface area contributed by atoms with Crippen LogP contribution in [-0.2, 0) is 14.8 Å². The van der Waals surface area contributed by atoms with Gasteiger partial charge in [-0.05, 0) is 57.0 Å². The molecule has 3 aliphatic heterocycles. The van der Waals surface area contributed by atoms with E-state index >= 15 is 0 Å². The number of aromatic nitrogens is 1. The fraction of sp³-hybridized carbons (Fsp3) is 0.840. The molecular weight excluding hydrogens is 482 g/mol. The Labute approximate surface area is 214 Å². The molecule has 0 spiro atoms. The molecule has 202 valence electrons. The van der Waals surface area contributed by atoms with E-state index in [1.54, 1.807) is 10.4 Å². The predicted octanol–water partition coefficient (Wildman–Crippen LogP) is 1.37. The lowest BCUT2D eigenvalue weighted by Gasteiger charge is -2.38. The summed E-state index contributed by atoms with van der Waals surface area (Å²) in [5.41, 5.74) is 0.315. The highest BCUT2D eigenvalue weighted by Gasteiger charge is 2.36. The number of hydrogen-bond acceptors (Lipinski definition) is 8. The summed E-state index contributed by atoms with van der Waals surface area (Å²) < 4.78 is 38.8. The summed E-state index contributed by atoms with van der Waals surface area (Å²) in [7, 11) is -3.31. The van der Waals surface area contributed by atoms with E-state index in [0.717, 1.165) is 83.9 Å². The van der Waals surface area contributed by atoms with Crippen molar-refractivity contribution in [1.82, 2.24) is 24.6 Å². The van der Waals surface area contributed by atoms with Crippen LogP contribution in [0.5, 0.6) is 0 Å². The number of hydrogen-bond donors (Lipinski definition) is 1.